The summed E-state index contributed by atoms with van der Waals surface area (Å²) in [6.45, 7) is 3.86. The lowest BCUT2D eigenvalue weighted by atomic mass is 9.94. The summed E-state index contributed by atoms with van der Waals surface area (Å²) < 4.78 is 0. The van der Waals surface area contributed by atoms with Crippen LogP contribution in [0.5, 0.6) is 0 Å². The van der Waals surface area contributed by atoms with E-state index in [2.05, 4.69) is 0 Å². The lowest BCUT2D eigenvalue weighted by molar-refractivity contribution is 0.0696. The predicted molar refractivity (Wildman–Crippen MR) is 52.2 cm³/mol. The molecule has 0 spiro atoms. The predicted octanol–water partition coefficient (Wildman–Crippen LogP) is 2.38. The van der Waals surface area contributed by atoms with Gasteiger partial charge in [-0.2, -0.15) is 5.26 Å². The Morgan fingerprint density at radius 3 is 2.57 bits per heavy atom. The van der Waals surface area contributed by atoms with Crippen molar-refractivity contribution in [2.24, 2.45) is 0 Å². The average molecular weight is 189 g/mol. The van der Waals surface area contributed by atoms with Gasteiger partial charge in [-0.25, -0.2) is 4.79 Å². The molecule has 0 fully saturated rings. The standard InChI is InChI=1S/C11H11NO2/c1-7(2)8-4-3-5-9(11(13)14)10(8)6-12/h3-5,7H,1-2H3,(H,13,14). The molecule has 3 heteroatoms. The molecule has 0 heterocycles. The summed E-state index contributed by atoms with van der Waals surface area (Å²) in [4.78, 5) is 10.8. The number of benzene rings is 1. The molecule has 0 aromatic heterocycles. The van der Waals surface area contributed by atoms with Gasteiger partial charge in [0.25, 0.3) is 0 Å². The number of nitriles is 1. The van der Waals surface area contributed by atoms with Gasteiger partial charge in [0.15, 0.2) is 0 Å². The van der Waals surface area contributed by atoms with Crippen LogP contribution < -0.4 is 0 Å². The van der Waals surface area contributed by atoms with E-state index < -0.39 is 5.97 Å². The second-order valence-corrected chi connectivity index (χ2v) is 3.34. The maximum atomic E-state index is 10.8. The van der Waals surface area contributed by atoms with Gasteiger partial charge in [0.1, 0.15) is 6.07 Å². The lowest BCUT2D eigenvalue weighted by Gasteiger charge is -2.09. The summed E-state index contributed by atoms with van der Waals surface area (Å²) in [5, 5.41) is 17.7. The molecule has 1 rings (SSSR count). The fourth-order valence-corrected chi connectivity index (χ4v) is 1.35. The Morgan fingerprint density at radius 1 is 1.50 bits per heavy atom. The van der Waals surface area contributed by atoms with Gasteiger partial charge in [-0.3, -0.25) is 0 Å². The molecule has 0 radical (unpaired) electrons. The molecule has 0 unspecified atom stereocenters. The minimum atomic E-state index is -1.05. The summed E-state index contributed by atoms with van der Waals surface area (Å²) in [5.41, 5.74) is 1.14. The molecule has 0 atom stereocenters. The molecule has 0 saturated carbocycles. The summed E-state index contributed by atoms with van der Waals surface area (Å²) in [5.74, 6) is -0.895. The third kappa shape index (κ3) is 1.74. The van der Waals surface area contributed by atoms with Gasteiger partial charge in [0.05, 0.1) is 11.1 Å². The first-order chi connectivity index (χ1) is 6.57. The van der Waals surface area contributed by atoms with Crippen LogP contribution in [-0.4, -0.2) is 11.1 Å². The van der Waals surface area contributed by atoms with Crippen LogP contribution in [0, 0.1) is 11.3 Å². The molecular formula is C11H11NO2. The highest BCUT2D eigenvalue weighted by molar-refractivity contribution is 5.91. The molecule has 0 aliphatic carbocycles. The molecule has 0 amide bonds. The summed E-state index contributed by atoms with van der Waals surface area (Å²) in [6.07, 6.45) is 0. The van der Waals surface area contributed by atoms with Crippen LogP contribution >= 0.6 is 0 Å². The Morgan fingerprint density at radius 2 is 2.14 bits per heavy atom. The van der Waals surface area contributed by atoms with E-state index in [-0.39, 0.29) is 17.0 Å². The summed E-state index contributed by atoms with van der Waals surface area (Å²) in [7, 11) is 0. The van der Waals surface area contributed by atoms with E-state index in [1.54, 1.807) is 12.1 Å². The molecule has 1 aromatic carbocycles. The number of hydrogen-bond donors (Lipinski definition) is 1. The van der Waals surface area contributed by atoms with E-state index in [0.29, 0.717) is 0 Å². The van der Waals surface area contributed by atoms with E-state index in [9.17, 15) is 4.79 Å². The number of hydrogen-bond acceptors (Lipinski definition) is 2. The monoisotopic (exact) mass is 189 g/mol. The number of carbonyl (C=O) groups is 1. The van der Waals surface area contributed by atoms with Crippen molar-refractivity contribution >= 4 is 5.97 Å². The van der Waals surface area contributed by atoms with Gasteiger partial charge in [-0.1, -0.05) is 26.0 Å². The Kier molecular flexibility index (Phi) is 2.88. The number of rotatable bonds is 2. The zero-order chi connectivity index (χ0) is 10.7. The number of aromatic carboxylic acids is 1. The molecule has 0 saturated heterocycles. The first kappa shape index (κ1) is 10.3. The summed E-state index contributed by atoms with van der Waals surface area (Å²) in [6, 6.07) is 6.85. The Hall–Kier alpha value is -1.82. The lowest BCUT2D eigenvalue weighted by Crippen LogP contribution is -2.04. The normalized spacial score (nSPS) is 9.86. The van der Waals surface area contributed by atoms with Crippen LogP contribution in [0.25, 0.3) is 0 Å². The number of carboxylic acid groups (broad SMARTS) is 1. The van der Waals surface area contributed by atoms with Gasteiger partial charge >= 0.3 is 5.97 Å². The third-order valence-corrected chi connectivity index (χ3v) is 2.06. The van der Waals surface area contributed by atoms with Gasteiger partial charge in [-0.15, -0.1) is 0 Å². The van der Waals surface area contributed by atoms with Gasteiger partial charge in [0.2, 0.25) is 0 Å². The SMILES string of the molecule is CC(C)c1cccc(C(=O)O)c1C#N. The molecule has 0 bridgehead atoms. The largest absolute Gasteiger partial charge is 0.478 e. The number of nitrogens with zero attached hydrogens (tertiary/aromatic N) is 1. The van der Waals surface area contributed by atoms with E-state index in [0.717, 1.165) is 5.56 Å². The van der Waals surface area contributed by atoms with Crippen molar-refractivity contribution < 1.29 is 9.90 Å². The van der Waals surface area contributed by atoms with Crippen LogP contribution in [0.4, 0.5) is 0 Å². The van der Waals surface area contributed by atoms with Crippen LogP contribution in [0.15, 0.2) is 18.2 Å². The maximum Gasteiger partial charge on any atom is 0.337 e. The fraction of sp³-hybridized carbons (Fsp3) is 0.273. The van der Waals surface area contributed by atoms with Crippen LogP contribution in [0.2, 0.25) is 0 Å². The Bertz CT molecular complexity index is 402. The van der Waals surface area contributed by atoms with Crippen molar-refractivity contribution in [3.05, 3.63) is 34.9 Å². The second-order valence-electron chi connectivity index (χ2n) is 3.34. The smallest absolute Gasteiger partial charge is 0.337 e. The molecule has 0 aliphatic heterocycles. The molecule has 1 aromatic rings. The molecule has 1 N–H and O–H groups in total. The first-order valence-corrected chi connectivity index (χ1v) is 4.34. The van der Waals surface area contributed by atoms with Crippen molar-refractivity contribution in [2.45, 2.75) is 19.8 Å². The van der Waals surface area contributed by atoms with E-state index >= 15 is 0 Å². The van der Waals surface area contributed by atoms with E-state index in [4.69, 9.17) is 10.4 Å². The van der Waals surface area contributed by atoms with Crippen molar-refractivity contribution in [3.63, 3.8) is 0 Å². The topological polar surface area (TPSA) is 61.1 Å². The number of carboxylic acids is 1. The highest BCUT2D eigenvalue weighted by Crippen LogP contribution is 2.21. The van der Waals surface area contributed by atoms with Crippen molar-refractivity contribution in [1.82, 2.24) is 0 Å². The molecule has 72 valence electrons. The molecular weight excluding hydrogens is 178 g/mol. The van der Waals surface area contributed by atoms with Crippen LogP contribution in [-0.2, 0) is 0 Å². The zero-order valence-corrected chi connectivity index (χ0v) is 8.11. The Labute approximate surface area is 82.6 Å². The quantitative estimate of drug-likeness (QED) is 0.776. The van der Waals surface area contributed by atoms with Gasteiger partial charge in [-0.05, 0) is 17.5 Å². The highest BCUT2D eigenvalue weighted by Gasteiger charge is 2.14. The van der Waals surface area contributed by atoms with Crippen molar-refractivity contribution in [1.29, 1.82) is 5.26 Å². The average Bonchev–Trinajstić information content (AvgIpc) is 2.16. The van der Waals surface area contributed by atoms with Gasteiger partial charge < -0.3 is 5.11 Å². The van der Waals surface area contributed by atoms with E-state index in [1.165, 1.54) is 6.07 Å². The van der Waals surface area contributed by atoms with Crippen molar-refractivity contribution in [2.75, 3.05) is 0 Å². The first-order valence-electron chi connectivity index (χ1n) is 4.34. The zero-order valence-electron chi connectivity index (χ0n) is 8.11. The van der Waals surface area contributed by atoms with Crippen molar-refractivity contribution in [3.8, 4) is 6.07 Å². The second kappa shape index (κ2) is 3.93. The van der Waals surface area contributed by atoms with Crippen LogP contribution in [0.3, 0.4) is 0 Å². The molecule has 0 aliphatic rings. The minimum absolute atomic E-state index is 0.0821. The van der Waals surface area contributed by atoms with E-state index in [1.807, 2.05) is 19.9 Å². The molecule has 3 nitrogen and oxygen atoms in total. The summed E-state index contributed by atoms with van der Waals surface area (Å²) >= 11 is 0. The minimum Gasteiger partial charge on any atom is -0.478 e. The Balaban J connectivity index is 3.42. The third-order valence-electron chi connectivity index (χ3n) is 2.06. The maximum absolute atomic E-state index is 10.8. The van der Waals surface area contributed by atoms with Gasteiger partial charge in [0, 0.05) is 0 Å². The highest BCUT2D eigenvalue weighted by atomic mass is 16.4. The molecule has 14 heavy (non-hydrogen) atoms. The van der Waals surface area contributed by atoms with Crippen LogP contribution in [0.1, 0.15) is 41.3 Å². The fourth-order valence-electron chi connectivity index (χ4n) is 1.35.